The van der Waals surface area contributed by atoms with Crippen LogP contribution in [0.15, 0.2) is 21.5 Å². The largest absolute Gasteiger partial charge is 0.446 e. The van der Waals surface area contributed by atoms with E-state index in [0.29, 0.717) is 6.07 Å². The van der Waals surface area contributed by atoms with Crippen molar-refractivity contribution in [2.75, 3.05) is 0 Å². The van der Waals surface area contributed by atoms with Gasteiger partial charge in [0.15, 0.2) is 0 Å². The average molecular weight is 320 g/mol. The van der Waals surface area contributed by atoms with Gasteiger partial charge in [-0.1, -0.05) is 0 Å². The van der Waals surface area contributed by atoms with E-state index in [2.05, 4.69) is 15.9 Å². The number of rotatable bonds is 2. The summed E-state index contributed by atoms with van der Waals surface area (Å²) >= 11 is 2.00. The van der Waals surface area contributed by atoms with Gasteiger partial charge in [0.1, 0.15) is 0 Å². The van der Waals surface area contributed by atoms with Gasteiger partial charge < -0.3 is 0 Å². The molecule has 0 fully saturated rings. The smallest absolute Gasteiger partial charge is 0.258 e. The highest BCUT2D eigenvalue weighted by Crippen LogP contribution is 2.42. The number of thioether (sulfide) groups is 1. The highest BCUT2D eigenvalue weighted by molar-refractivity contribution is 9.10. The van der Waals surface area contributed by atoms with E-state index < -0.39 is 43.1 Å². The van der Waals surface area contributed by atoms with Crippen molar-refractivity contribution in [1.82, 2.24) is 0 Å². The molecule has 0 bridgehead atoms. The van der Waals surface area contributed by atoms with Crippen molar-refractivity contribution < 1.29 is 22.5 Å². The molecule has 0 unspecified atom stereocenters. The molecule has 0 amide bonds. The van der Waals surface area contributed by atoms with Crippen LogP contribution < -0.4 is 0 Å². The van der Waals surface area contributed by atoms with Crippen molar-refractivity contribution in [2.24, 2.45) is 0 Å². The molecular formula is C7H2BrF4NO2S. The Labute approximate surface area is 99.1 Å². The van der Waals surface area contributed by atoms with Crippen molar-refractivity contribution >= 4 is 33.4 Å². The number of nitro benzene ring substituents is 1. The molecular weight excluding hydrogens is 318 g/mol. The molecule has 0 saturated heterocycles. The van der Waals surface area contributed by atoms with E-state index in [1.54, 1.807) is 0 Å². The van der Waals surface area contributed by atoms with Gasteiger partial charge in [-0.15, -0.1) is 0 Å². The Bertz CT molecular complexity index is 437. The zero-order chi connectivity index (χ0) is 12.5. The summed E-state index contributed by atoms with van der Waals surface area (Å²) in [5.74, 6) is -1.32. The average Bonchev–Trinajstić information content (AvgIpc) is 2.10. The third-order valence-corrected chi connectivity index (χ3v) is 3.28. The molecule has 16 heavy (non-hydrogen) atoms. The second-order valence-corrected chi connectivity index (χ2v) is 4.42. The van der Waals surface area contributed by atoms with Crippen LogP contribution in [0, 0.1) is 15.9 Å². The lowest BCUT2D eigenvalue weighted by molar-refractivity contribution is -0.387. The van der Waals surface area contributed by atoms with Crippen molar-refractivity contribution in [3.8, 4) is 0 Å². The van der Waals surface area contributed by atoms with Crippen molar-refractivity contribution in [3.05, 3.63) is 32.5 Å². The van der Waals surface area contributed by atoms with Crippen LogP contribution in [-0.2, 0) is 0 Å². The molecule has 1 aromatic rings. The standard InChI is InChI=1S/C7H2BrF4NO2S/c8-5-4(16-7(10,11)12)2-1-3(6(5)9)13(14)15/h1-2H. The van der Waals surface area contributed by atoms with E-state index in [-0.39, 0.29) is 0 Å². The third kappa shape index (κ3) is 3.08. The molecule has 0 aliphatic carbocycles. The Morgan fingerprint density at radius 1 is 1.38 bits per heavy atom. The zero-order valence-corrected chi connectivity index (χ0v) is 9.62. The minimum atomic E-state index is -4.58. The Morgan fingerprint density at radius 2 is 1.94 bits per heavy atom. The first-order chi connectivity index (χ1) is 7.22. The molecule has 9 heteroatoms. The van der Waals surface area contributed by atoms with E-state index in [1.165, 1.54) is 0 Å². The van der Waals surface area contributed by atoms with E-state index in [1.807, 2.05) is 0 Å². The molecule has 1 rings (SSSR count). The maximum Gasteiger partial charge on any atom is 0.446 e. The predicted octanol–water partition coefficient (Wildman–Crippen LogP) is 4.11. The van der Waals surface area contributed by atoms with Gasteiger partial charge in [0, 0.05) is 11.0 Å². The van der Waals surface area contributed by atoms with Gasteiger partial charge in [-0.25, -0.2) is 0 Å². The summed E-state index contributed by atoms with van der Waals surface area (Å²) in [7, 11) is 0. The van der Waals surface area contributed by atoms with Gasteiger partial charge >= 0.3 is 11.2 Å². The van der Waals surface area contributed by atoms with Gasteiger partial charge in [-0.3, -0.25) is 10.1 Å². The van der Waals surface area contributed by atoms with Crippen LogP contribution in [0.5, 0.6) is 0 Å². The molecule has 0 atom stereocenters. The van der Waals surface area contributed by atoms with Crippen LogP contribution in [0.25, 0.3) is 0 Å². The molecule has 1 aromatic carbocycles. The Hall–Kier alpha value is -0.830. The summed E-state index contributed by atoms with van der Waals surface area (Å²) in [6, 6.07) is 1.53. The minimum Gasteiger partial charge on any atom is -0.258 e. The lowest BCUT2D eigenvalue weighted by Gasteiger charge is -2.07. The summed E-state index contributed by atoms with van der Waals surface area (Å²) < 4.78 is 48.6. The summed E-state index contributed by atoms with van der Waals surface area (Å²) in [6.07, 6.45) is 0. The quantitative estimate of drug-likeness (QED) is 0.356. The van der Waals surface area contributed by atoms with Crippen LogP contribution in [0.2, 0.25) is 0 Å². The van der Waals surface area contributed by atoms with Gasteiger partial charge in [0.05, 0.1) is 9.40 Å². The monoisotopic (exact) mass is 319 g/mol. The van der Waals surface area contributed by atoms with Gasteiger partial charge in [0.2, 0.25) is 5.82 Å². The van der Waals surface area contributed by atoms with Gasteiger partial charge in [-0.2, -0.15) is 17.6 Å². The Balaban J connectivity index is 3.17. The molecule has 0 saturated carbocycles. The first kappa shape index (κ1) is 13.2. The molecule has 3 nitrogen and oxygen atoms in total. The van der Waals surface area contributed by atoms with E-state index in [0.717, 1.165) is 6.07 Å². The van der Waals surface area contributed by atoms with Crippen molar-refractivity contribution in [3.63, 3.8) is 0 Å². The lowest BCUT2D eigenvalue weighted by atomic mass is 10.3. The number of benzene rings is 1. The maximum absolute atomic E-state index is 13.2. The van der Waals surface area contributed by atoms with Crippen LogP contribution in [0.1, 0.15) is 0 Å². The van der Waals surface area contributed by atoms with E-state index in [4.69, 9.17) is 0 Å². The maximum atomic E-state index is 13.2. The first-order valence-electron chi connectivity index (χ1n) is 3.60. The summed E-state index contributed by atoms with van der Waals surface area (Å²) in [5, 5.41) is 10.3. The minimum absolute atomic E-state index is 0.462. The molecule has 0 aromatic heterocycles. The predicted molar refractivity (Wildman–Crippen MR) is 52.7 cm³/mol. The van der Waals surface area contributed by atoms with Crippen molar-refractivity contribution in [2.45, 2.75) is 10.4 Å². The Kier molecular flexibility index (Phi) is 3.79. The molecule has 0 radical (unpaired) electrons. The number of nitro groups is 1. The van der Waals surface area contributed by atoms with Crippen LogP contribution in [-0.4, -0.2) is 10.4 Å². The molecule has 88 valence electrons. The summed E-state index contributed by atoms with van der Waals surface area (Å²) in [4.78, 5) is 8.81. The molecule has 0 aliphatic rings. The summed E-state index contributed by atoms with van der Waals surface area (Å²) in [6.45, 7) is 0. The molecule has 0 spiro atoms. The van der Waals surface area contributed by atoms with Crippen molar-refractivity contribution in [1.29, 1.82) is 0 Å². The van der Waals surface area contributed by atoms with Crippen LogP contribution in [0.3, 0.4) is 0 Å². The molecule has 0 heterocycles. The van der Waals surface area contributed by atoms with Crippen LogP contribution >= 0.6 is 27.7 Å². The highest BCUT2D eigenvalue weighted by Gasteiger charge is 2.32. The SMILES string of the molecule is O=[N+]([O-])c1ccc(SC(F)(F)F)c(Br)c1F. The number of halogens is 5. The topological polar surface area (TPSA) is 43.1 Å². The normalized spacial score (nSPS) is 11.6. The molecule has 0 N–H and O–H groups in total. The van der Waals surface area contributed by atoms with Gasteiger partial charge in [-0.05, 0) is 33.8 Å². The highest BCUT2D eigenvalue weighted by atomic mass is 79.9. The Morgan fingerprint density at radius 3 is 2.38 bits per heavy atom. The van der Waals surface area contributed by atoms with E-state index in [9.17, 15) is 27.7 Å². The fourth-order valence-corrected chi connectivity index (χ4v) is 2.01. The fourth-order valence-electron chi connectivity index (χ4n) is 0.866. The third-order valence-electron chi connectivity index (χ3n) is 1.45. The number of hydrogen-bond acceptors (Lipinski definition) is 3. The lowest BCUT2D eigenvalue weighted by Crippen LogP contribution is -2.01. The second kappa shape index (κ2) is 4.58. The fraction of sp³-hybridized carbons (Fsp3) is 0.143. The van der Waals surface area contributed by atoms with Gasteiger partial charge in [0.25, 0.3) is 0 Å². The molecule has 0 aliphatic heterocycles. The summed E-state index contributed by atoms with van der Waals surface area (Å²) in [5.41, 5.74) is -5.45. The second-order valence-electron chi connectivity index (χ2n) is 2.52. The first-order valence-corrected chi connectivity index (χ1v) is 5.21. The number of nitrogens with zero attached hydrogens (tertiary/aromatic N) is 1. The number of alkyl halides is 3. The van der Waals surface area contributed by atoms with E-state index >= 15 is 0 Å². The zero-order valence-electron chi connectivity index (χ0n) is 7.22. The van der Waals surface area contributed by atoms with Crippen LogP contribution in [0.4, 0.5) is 23.2 Å². The number of hydrogen-bond donors (Lipinski definition) is 0.